The highest BCUT2D eigenvalue weighted by molar-refractivity contribution is 8.27. The van der Waals surface area contributed by atoms with Gasteiger partial charge in [0.2, 0.25) is 0 Å². The fourth-order valence-electron chi connectivity index (χ4n) is 4.45. The molecule has 2 aliphatic rings. The van der Waals surface area contributed by atoms with Gasteiger partial charge in [0.05, 0.1) is 30.4 Å². The third-order valence-corrected chi connectivity index (χ3v) is 7.77. The molecule has 2 saturated heterocycles. The molecule has 0 aliphatic carbocycles. The lowest BCUT2D eigenvalue weighted by Crippen LogP contribution is -2.37. The van der Waals surface area contributed by atoms with Crippen LogP contribution in [0.15, 0.2) is 102 Å². The van der Waals surface area contributed by atoms with Gasteiger partial charge in [0, 0.05) is 19.6 Å². The summed E-state index contributed by atoms with van der Waals surface area (Å²) in [7, 11) is 0. The molecule has 3 aromatic rings. The van der Waals surface area contributed by atoms with Crippen LogP contribution in [0.3, 0.4) is 0 Å². The minimum Gasteiger partial charge on any atom is -0.494 e. The second kappa shape index (κ2) is 13.0. The molecule has 2 fully saturated rings. The number of thioether (sulfide) groups is 1. The Balaban J connectivity index is 1.25. The van der Waals surface area contributed by atoms with Gasteiger partial charge < -0.3 is 9.47 Å². The van der Waals surface area contributed by atoms with Gasteiger partial charge in [0.1, 0.15) is 5.75 Å². The van der Waals surface area contributed by atoms with Crippen molar-refractivity contribution in [2.45, 2.75) is 6.42 Å². The summed E-state index contributed by atoms with van der Waals surface area (Å²) >= 11 is 6.91. The van der Waals surface area contributed by atoms with Crippen molar-refractivity contribution in [2.24, 2.45) is 0 Å². The van der Waals surface area contributed by atoms with Crippen LogP contribution in [0.1, 0.15) is 17.5 Å². The molecule has 1 amide bonds. The maximum atomic E-state index is 13.3. The first kappa shape index (κ1) is 26.4. The number of thiocarbonyl (C=S) groups is 1. The van der Waals surface area contributed by atoms with E-state index in [-0.39, 0.29) is 5.91 Å². The number of amides is 1. The highest BCUT2D eigenvalue weighted by Crippen LogP contribution is 2.36. The van der Waals surface area contributed by atoms with Crippen molar-refractivity contribution in [2.75, 3.05) is 44.4 Å². The average molecular weight is 543 g/mol. The van der Waals surface area contributed by atoms with E-state index in [4.69, 9.17) is 21.7 Å². The molecule has 0 spiro atoms. The summed E-state index contributed by atoms with van der Waals surface area (Å²) in [5, 5.41) is 0. The minimum absolute atomic E-state index is 0.115. The average Bonchev–Trinajstić information content (AvgIpc) is 3.25. The first-order chi connectivity index (χ1) is 18.7. The van der Waals surface area contributed by atoms with Gasteiger partial charge in [-0.25, -0.2) is 0 Å². The van der Waals surface area contributed by atoms with E-state index >= 15 is 0 Å². The molecule has 0 N–H and O–H groups in total. The number of morpholine rings is 1. The number of carbonyl (C=O) groups is 1. The number of ether oxygens (including phenoxy) is 2. The Bertz CT molecular complexity index is 1260. The molecule has 7 heteroatoms. The van der Waals surface area contributed by atoms with E-state index in [2.05, 4.69) is 29.2 Å². The number of rotatable bonds is 9. The Hall–Kier alpha value is -3.23. The third-order valence-electron chi connectivity index (χ3n) is 6.45. The molecule has 0 aromatic heterocycles. The van der Waals surface area contributed by atoms with Crippen molar-refractivity contribution in [3.05, 3.63) is 113 Å². The van der Waals surface area contributed by atoms with Gasteiger partial charge >= 0.3 is 0 Å². The zero-order chi connectivity index (χ0) is 26.2. The highest BCUT2D eigenvalue weighted by atomic mass is 32.2. The van der Waals surface area contributed by atoms with E-state index in [1.807, 2.05) is 72.8 Å². The normalized spacial score (nSPS) is 17.2. The summed E-state index contributed by atoms with van der Waals surface area (Å²) in [5.74, 6) is 0.672. The SMILES string of the molecule is O=C1/C(=C/C=C(c2ccccc2)c2ccccc2)SC(=S)N1c1ccc(OCCCN2CCOCC2)cc1. The summed E-state index contributed by atoms with van der Waals surface area (Å²) in [6, 6.07) is 27.9. The Kier molecular flexibility index (Phi) is 9.04. The molecule has 3 aromatic carbocycles. The lowest BCUT2D eigenvalue weighted by atomic mass is 9.97. The van der Waals surface area contributed by atoms with Crippen molar-refractivity contribution in [3.8, 4) is 5.75 Å². The number of benzene rings is 3. The van der Waals surface area contributed by atoms with Crippen LogP contribution in [0.4, 0.5) is 5.69 Å². The fraction of sp³-hybridized carbons (Fsp3) is 0.226. The van der Waals surface area contributed by atoms with Gasteiger partial charge in [-0.3, -0.25) is 14.6 Å². The van der Waals surface area contributed by atoms with E-state index < -0.39 is 0 Å². The molecule has 0 bridgehead atoms. The van der Waals surface area contributed by atoms with Crippen molar-refractivity contribution in [3.63, 3.8) is 0 Å². The molecule has 0 saturated carbocycles. The van der Waals surface area contributed by atoms with Crippen LogP contribution >= 0.6 is 24.0 Å². The van der Waals surface area contributed by atoms with Crippen molar-refractivity contribution >= 4 is 45.5 Å². The van der Waals surface area contributed by atoms with Gasteiger partial charge in [0.15, 0.2) is 4.32 Å². The van der Waals surface area contributed by atoms with Crippen LogP contribution in [-0.2, 0) is 9.53 Å². The second-order valence-electron chi connectivity index (χ2n) is 9.00. The number of hydrogen-bond acceptors (Lipinski definition) is 6. The molecule has 0 radical (unpaired) electrons. The molecular formula is C31H30N2O3S2. The van der Waals surface area contributed by atoms with E-state index in [1.54, 1.807) is 4.90 Å². The molecule has 5 rings (SSSR count). The van der Waals surface area contributed by atoms with Crippen LogP contribution in [0, 0.1) is 0 Å². The minimum atomic E-state index is -0.115. The van der Waals surface area contributed by atoms with Gasteiger partial charge in [-0.1, -0.05) is 90.7 Å². The van der Waals surface area contributed by atoms with Crippen LogP contribution in [0.25, 0.3) is 5.57 Å². The molecule has 38 heavy (non-hydrogen) atoms. The number of hydrogen-bond donors (Lipinski definition) is 0. The molecule has 0 unspecified atom stereocenters. The number of nitrogens with zero attached hydrogens (tertiary/aromatic N) is 2. The van der Waals surface area contributed by atoms with E-state index in [9.17, 15) is 4.79 Å². The lowest BCUT2D eigenvalue weighted by Gasteiger charge is -2.26. The van der Waals surface area contributed by atoms with Gasteiger partial charge in [-0.05, 0) is 53.5 Å². The van der Waals surface area contributed by atoms with Crippen LogP contribution in [-0.4, -0.2) is 54.6 Å². The molecule has 2 heterocycles. The quantitative estimate of drug-likeness (QED) is 0.183. The maximum absolute atomic E-state index is 13.3. The predicted octanol–water partition coefficient (Wildman–Crippen LogP) is 6.17. The number of allylic oxidation sites excluding steroid dienone is 2. The molecule has 194 valence electrons. The van der Waals surface area contributed by atoms with E-state index in [0.29, 0.717) is 15.8 Å². The monoisotopic (exact) mass is 542 g/mol. The number of anilines is 1. The Morgan fingerprint density at radius 3 is 2.18 bits per heavy atom. The van der Waals surface area contributed by atoms with Gasteiger partial charge in [0.25, 0.3) is 5.91 Å². The van der Waals surface area contributed by atoms with Crippen molar-refractivity contribution in [1.82, 2.24) is 4.90 Å². The second-order valence-corrected chi connectivity index (χ2v) is 10.7. The van der Waals surface area contributed by atoms with E-state index in [1.165, 1.54) is 11.8 Å². The van der Waals surface area contributed by atoms with Crippen molar-refractivity contribution in [1.29, 1.82) is 0 Å². The van der Waals surface area contributed by atoms with E-state index in [0.717, 1.165) is 67.4 Å². The lowest BCUT2D eigenvalue weighted by molar-refractivity contribution is -0.113. The Labute approximate surface area is 233 Å². The topological polar surface area (TPSA) is 42.0 Å². The summed E-state index contributed by atoms with van der Waals surface area (Å²) in [4.78, 5) is 17.9. The summed E-state index contributed by atoms with van der Waals surface area (Å²) < 4.78 is 11.8. The largest absolute Gasteiger partial charge is 0.494 e. The zero-order valence-corrected chi connectivity index (χ0v) is 22.8. The smallest absolute Gasteiger partial charge is 0.270 e. The van der Waals surface area contributed by atoms with Crippen LogP contribution in [0.5, 0.6) is 5.75 Å². The molecule has 0 atom stereocenters. The van der Waals surface area contributed by atoms with Crippen LogP contribution < -0.4 is 9.64 Å². The third kappa shape index (κ3) is 6.60. The van der Waals surface area contributed by atoms with Crippen LogP contribution in [0.2, 0.25) is 0 Å². The molecular weight excluding hydrogens is 512 g/mol. The standard InChI is InChI=1S/C31H30N2O3S2/c34-30-29(17-16-28(24-8-3-1-4-9-24)25-10-5-2-6-11-25)38-31(37)33(30)26-12-14-27(15-13-26)36-21-7-18-32-19-22-35-23-20-32/h1-6,8-17H,7,18-23H2/b29-17-. The van der Waals surface area contributed by atoms with Gasteiger partial charge in [-0.15, -0.1) is 0 Å². The first-order valence-electron chi connectivity index (χ1n) is 12.8. The molecule has 2 aliphatic heterocycles. The van der Waals surface area contributed by atoms with Crippen molar-refractivity contribution < 1.29 is 14.3 Å². The Morgan fingerprint density at radius 1 is 0.921 bits per heavy atom. The highest BCUT2D eigenvalue weighted by Gasteiger charge is 2.33. The summed E-state index contributed by atoms with van der Waals surface area (Å²) in [6.45, 7) is 5.26. The maximum Gasteiger partial charge on any atom is 0.270 e. The first-order valence-corrected chi connectivity index (χ1v) is 14.0. The predicted molar refractivity (Wildman–Crippen MR) is 160 cm³/mol. The summed E-state index contributed by atoms with van der Waals surface area (Å²) in [5.41, 5.74) is 3.97. The van der Waals surface area contributed by atoms with Gasteiger partial charge in [-0.2, -0.15) is 0 Å². The fourth-order valence-corrected chi connectivity index (χ4v) is 5.69. The zero-order valence-electron chi connectivity index (χ0n) is 21.1. The summed E-state index contributed by atoms with van der Waals surface area (Å²) in [6.07, 6.45) is 4.84. The Morgan fingerprint density at radius 2 is 1.55 bits per heavy atom. The number of carbonyl (C=O) groups excluding carboxylic acids is 1. The molecule has 5 nitrogen and oxygen atoms in total.